The second-order valence-corrected chi connectivity index (χ2v) is 8.61. The third-order valence-electron chi connectivity index (χ3n) is 5.50. The van der Waals surface area contributed by atoms with Crippen molar-refractivity contribution in [3.63, 3.8) is 0 Å². The molecule has 6 heteroatoms. The maximum Gasteiger partial charge on any atom is 0.341 e. The third-order valence-corrected chi connectivity index (χ3v) is 6.57. The zero-order valence-electron chi connectivity index (χ0n) is 18.0. The molecule has 5 aromatic rings. The van der Waals surface area contributed by atoms with Gasteiger partial charge in [0.2, 0.25) is 0 Å². The minimum atomic E-state index is -0.371. The first-order valence-electron chi connectivity index (χ1n) is 10.7. The fourth-order valence-electron chi connectivity index (χ4n) is 3.97. The first kappa shape index (κ1) is 21.1. The summed E-state index contributed by atoms with van der Waals surface area (Å²) in [5, 5.41) is 2.46. The van der Waals surface area contributed by atoms with Gasteiger partial charge in [0, 0.05) is 44.5 Å². The summed E-state index contributed by atoms with van der Waals surface area (Å²) in [6.07, 6.45) is 3.74. The quantitative estimate of drug-likeness (QED) is 0.205. The fraction of sp³-hybridized carbons (Fsp3) is 0.111. The van der Waals surface area contributed by atoms with E-state index in [4.69, 9.17) is 9.73 Å². The molecule has 2 aromatic heterocycles. The summed E-state index contributed by atoms with van der Waals surface area (Å²) in [5.74, 6) is -0.598. The van der Waals surface area contributed by atoms with E-state index in [2.05, 4.69) is 0 Å². The molecule has 0 aliphatic rings. The van der Waals surface area contributed by atoms with Crippen molar-refractivity contribution in [2.24, 2.45) is 4.99 Å². The number of esters is 1. The standard InChI is InChI=1S/C27H21FN2O2S/c1-2-32-27(31)25-21-11-5-8-14-24(21)33-26(25)29-15-19-17-30(23-13-7-4-10-20(19)23)16-18-9-3-6-12-22(18)28/h3-15,17H,2,16H2,1H3. The van der Waals surface area contributed by atoms with E-state index in [0.29, 0.717) is 29.3 Å². The van der Waals surface area contributed by atoms with Gasteiger partial charge >= 0.3 is 5.97 Å². The van der Waals surface area contributed by atoms with Gasteiger partial charge in [-0.1, -0.05) is 54.6 Å². The van der Waals surface area contributed by atoms with Crippen molar-refractivity contribution in [3.05, 3.63) is 102 Å². The van der Waals surface area contributed by atoms with Gasteiger partial charge in [0.15, 0.2) is 0 Å². The zero-order chi connectivity index (χ0) is 22.8. The maximum absolute atomic E-state index is 14.3. The highest BCUT2D eigenvalue weighted by Crippen LogP contribution is 2.38. The predicted molar refractivity (Wildman–Crippen MR) is 132 cm³/mol. The van der Waals surface area contributed by atoms with Crippen LogP contribution in [0.2, 0.25) is 0 Å². The Morgan fingerprint density at radius 3 is 2.58 bits per heavy atom. The minimum Gasteiger partial charge on any atom is -0.462 e. The molecule has 2 heterocycles. The Morgan fingerprint density at radius 1 is 1.03 bits per heavy atom. The molecule has 33 heavy (non-hydrogen) atoms. The Labute approximate surface area is 194 Å². The number of fused-ring (bicyclic) bond motifs is 2. The Balaban J connectivity index is 1.57. The number of rotatable bonds is 6. The van der Waals surface area contributed by atoms with E-state index in [9.17, 15) is 9.18 Å². The van der Waals surface area contributed by atoms with Crippen LogP contribution in [0.4, 0.5) is 9.39 Å². The highest BCUT2D eigenvalue weighted by atomic mass is 32.1. The molecule has 0 saturated carbocycles. The second-order valence-electron chi connectivity index (χ2n) is 7.58. The predicted octanol–water partition coefficient (Wildman–Crippen LogP) is 6.97. The van der Waals surface area contributed by atoms with Crippen LogP contribution in [0.3, 0.4) is 0 Å². The Bertz CT molecular complexity index is 1500. The van der Waals surface area contributed by atoms with Gasteiger partial charge in [-0.25, -0.2) is 14.2 Å². The highest BCUT2D eigenvalue weighted by molar-refractivity contribution is 7.23. The van der Waals surface area contributed by atoms with Crippen molar-refractivity contribution >= 4 is 49.5 Å². The summed E-state index contributed by atoms with van der Waals surface area (Å²) in [4.78, 5) is 17.4. The summed E-state index contributed by atoms with van der Waals surface area (Å²) in [6, 6.07) is 22.5. The number of halogens is 1. The van der Waals surface area contributed by atoms with Gasteiger partial charge in [-0.05, 0) is 25.1 Å². The molecule has 0 atom stereocenters. The normalized spacial score (nSPS) is 11.6. The molecule has 0 spiro atoms. The number of aromatic nitrogens is 1. The summed E-state index contributed by atoms with van der Waals surface area (Å²) in [6.45, 7) is 2.51. The van der Waals surface area contributed by atoms with Crippen LogP contribution < -0.4 is 0 Å². The van der Waals surface area contributed by atoms with Gasteiger partial charge in [-0.3, -0.25) is 0 Å². The lowest BCUT2D eigenvalue weighted by atomic mass is 10.1. The second kappa shape index (κ2) is 9.00. The monoisotopic (exact) mass is 456 g/mol. The molecule has 164 valence electrons. The van der Waals surface area contributed by atoms with Gasteiger partial charge in [0.05, 0.1) is 13.2 Å². The van der Waals surface area contributed by atoms with E-state index in [1.165, 1.54) is 17.4 Å². The van der Waals surface area contributed by atoms with Crippen LogP contribution in [0, 0.1) is 5.82 Å². The van der Waals surface area contributed by atoms with Gasteiger partial charge in [0.25, 0.3) is 0 Å². The molecule has 0 aliphatic heterocycles. The zero-order valence-corrected chi connectivity index (χ0v) is 18.8. The molecular formula is C27H21FN2O2S. The number of nitrogens with zero attached hydrogens (tertiary/aromatic N) is 2. The SMILES string of the molecule is CCOC(=O)c1c(N=Cc2cn(Cc3ccccc3F)c3ccccc23)sc2ccccc12. The average molecular weight is 457 g/mol. The molecule has 3 aromatic carbocycles. The Kier molecular flexibility index (Phi) is 5.75. The number of aliphatic imine (C=N–C) groups is 1. The van der Waals surface area contributed by atoms with E-state index < -0.39 is 0 Å². The number of carbonyl (C=O) groups excluding carboxylic acids is 1. The lowest BCUT2D eigenvalue weighted by Gasteiger charge is -2.06. The van der Waals surface area contributed by atoms with Crippen molar-refractivity contribution in [2.75, 3.05) is 6.61 Å². The summed E-state index contributed by atoms with van der Waals surface area (Å²) >= 11 is 1.46. The fourth-order valence-corrected chi connectivity index (χ4v) is 5.01. The van der Waals surface area contributed by atoms with E-state index in [0.717, 1.165) is 26.6 Å². The summed E-state index contributed by atoms with van der Waals surface area (Å²) in [7, 11) is 0. The highest BCUT2D eigenvalue weighted by Gasteiger charge is 2.19. The molecule has 5 rings (SSSR count). The number of carbonyl (C=O) groups is 1. The number of ether oxygens (including phenoxy) is 1. The summed E-state index contributed by atoms with van der Waals surface area (Å²) < 4.78 is 22.5. The van der Waals surface area contributed by atoms with Crippen LogP contribution in [-0.4, -0.2) is 23.4 Å². The van der Waals surface area contributed by atoms with Crippen molar-refractivity contribution < 1.29 is 13.9 Å². The molecule has 0 N–H and O–H groups in total. The third kappa shape index (κ3) is 4.05. The number of para-hydroxylation sites is 1. The van der Waals surface area contributed by atoms with Crippen LogP contribution >= 0.6 is 11.3 Å². The van der Waals surface area contributed by atoms with Crippen LogP contribution in [0.25, 0.3) is 21.0 Å². The lowest BCUT2D eigenvalue weighted by Crippen LogP contribution is -2.03. The van der Waals surface area contributed by atoms with Gasteiger partial charge in [-0.15, -0.1) is 11.3 Å². The van der Waals surface area contributed by atoms with Crippen LogP contribution in [0.5, 0.6) is 0 Å². The van der Waals surface area contributed by atoms with Crippen molar-refractivity contribution in [3.8, 4) is 0 Å². The van der Waals surface area contributed by atoms with Gasteiger partial charge < -0.3 is 9.30 Å². The topological polar surface area (TPSA) is 43.6 Å². The van der Waals surface area contributed by atoms with Crippen LogP contribution in [-0.2, 0) is 11.3 Å². The average Bonchev–Trinajstić information content (AvgIpc) is 3.37. The molecule has 0 fully saturated rings. The van der Waals surface area contributed by atoms with Crippen molar-refractivity contribution in [2.45, 2.75) is 13.5 Å². The van der Waals surface area contributed by atoms with E-state index in [-0.39, 0.29) is 11.8 Å². The number of hydrogen-bond donors (Lipinski definition) is 0. The summed E-state index contributed by atoms with van der Waals surface area (Å²) in [5.41, 5.74) is 3.00. The smallest absolute Gasteiger partial charge is 0.341 e. The van der Waals surface area contributed by atoms with Gasteiger partial charge in [0.1, 0.15) is 16.4 Å². The lowest BCUT2D eigenvalue weighted by molar-refractivity contribution is 0.0530. The van der Waals surface area contributed by atoms with Gasteiger partial charge in [-0.2, -0.15) is 0 Å². The Morgan fingerprint density at radius 2 is 1.76 bits per heavy atom. The van der Waals surface area contributed by atoms with Crippen LogP contribution in [0.15, 0.2) is 84.0 Å². The van der Waals surface area contributed by atoms with E-state index >= 15 is 0 Å². The molecular weight excluding hydrogens is 435 g/mol. The molecule has 0 radical (unpaired) electrons. The largest absolute Gasteiger partial charge is 0.462 e. The maximum atomic E-state index is 14.3. The number of benzene rings is 3. The van der Waals surface area contributed by atoms with E-state index in [1.54, 1.807) is 25.3 Å². The molecule has 0 bridgehead atoms. The van der Waals surface area contributed by atoms with Crippen molar-refractivity contribution in [1.82, 2.24) is 4.57 Å². The molecule has 0 unspecified atom stereocenters. The number of thiophene rings is 1. The minimum absolute atomic E-state index is 0.227. The van der Waals surface area contributed by atoms with Crippen molar-refractivity contribution in [1.29, 1.82) is 0 Å². The molecule has 0 saturated heterocycles. The van der Waals surface area contributed by atoms with Crippen LogP contribution in [0.1, 0.15) is 28.4 Å². The molecule has 0 amide bonds. The first-order chi connectivity index (χ1) is 16.2. The Hall–Kier alpha value is -3.77. The number of hydrogen-bond acceptors (Lipinski definition) is 4. The molecule has 0 aliphatic carbocycles. The van der Waals surface area contributed by atoms with E-state index in [1.807, 2.05) is 65.4 Å². The first-order valence-corrected chi connectivity index (χ1v) is 11.5. The molecule has 4 nitrogen and oxygen atoms in total.